The van der Waals surface area contributed by atoms with Crippen LogP contribution in [0.5, 0.6) is 0 Å². The Morgan fingerprint density at radius 1 is 1.33 bits per heavy atom. The number of ether oxygens (including phenoxy) is 2. The molecule has 18 heavy (non-hydrogen) atoms. The van der Waals surface area contributed by atoms with Gasteiger partial charge in [0.15, 0.2) is 5.41 Å². The number of hydrogen-bond donors (Lipinski definition) is 0. The van der Waals surface area contributed by atoms with E-state index in [1.807, 2.05) is 30.3 Å². The fraction of sp³-hybridized carbons (Fsp3) is 0.286. The molecule has 1 aromatic carbocycles. The Morgan fingerprint density at radius 2 is 2.11 bits per heavy atom. The van der Waals surface area contributed by atoms with Crippen molar-refractivity contribution in [1.82, 2.24) is 4.98 Å². The molecule has 0 saturated carbocycles. The van der Waals surface area contributed by atoms with Gasteiger partial charge in [-0.3, -0.25) is 9.78 Å². The number of fused-ring (bicyclic) bond motifs is 1. The standard InChI is InChI=1S/C14H13NO3/c1-17-13(16)14(8-18-9-14)12-11-5-3-2-4-10(11)6-7-15-12/h2-7H,8-9H2,1H3. The highest BCUT2D eigenvalue weighted by Gasteiger charge is 2.50. The van der Waals surface area contributed by atoms with Gasteiger partial charge >= 0.3 is 5.97 Å². The molecule has 3 rings (SSSR count). The predicted molar refractivity (Wildman–Crippen MR) is 66.3 cm³/mol. The van der Waals surface area contributed by atoms with Crippen molar-refractivity contribution in [3.05, 3.63) is 42.2 Å². The first-order valence-electron chi connectivity index (χ1n) is 5.78. The molecule has 1 saturated heterocycles. The van der Waals surface area contributed by atoms with Crippen LogP contribution in [0.1, 0.15) is 5.69 Å². The third kappa shape index (κ3) is 1.42. The lowest BCUT2D eigenvalue weighted by Crippen LogP contribution is -2.54. The first-order chi connectivity index (χ1) is 8.78. The molecule has 4 heteroatoms. The Labute approximate surface area is 105 Å². The summed E-state index contributed by atoms with van der Waals surface area (Å²) < 4.78 is 10.1. The maximum Gasteiger partial charge on any atom is 0.322 e. The van der Waals surface area contributed by atoms with Crippen molar-refractivity contribution in [2.45, 2.75) is 5.41 Å². The molecule has 0 unspecified atom stereocenters. The van der Waals surface area contributed by atoms with Crippen LogP contribution in [0, 0.1) is 0 Å². The van der Waals surface area contributed by atoms with Gasteiger partial charge in [0, 0.05) is 11.6 Å². The topological polar surface area (TPSA) is 48.4 Å². The zero-order valence-electron chi connectivity index (χ0n) is 10.1. The van der Waals surface area contributed by atoms with Crippen molar-refractivity contribution in [2.75, 3.05) is 20.3 Å². The number of carbonyl (C=O) groups excluding carboxylic acids is 1. The van der Waals surface area contributed by atoms with Gasteiger partial charge in [0.25, 0.3) is 0 Å². The Balaban J connectivity index is 2.22. The smallest absolute Gasteiger partial charge is 0.322 e. The average molecular weight is 243 g/mol. The molecular weight excluding hydrogens is 230 g/mol. The summed E-state index contributed by atoms with van der Waals surface area (Å²) in [5, 5.41) is 2.05. The molecular formula is C14H13NO3. The minimum atomic E-state index is -0.740. The van der Waals surface area contributed by atoms with Crippen LogP contribution in [0.25, 0.3) is 10.8 Å². The van der Waals surface area contributed by atoms with Gasteiger partial charge in [0.1, 0.15) is 0 Å². The first kappa shape index (κ1) is 11.2. The molecule has 4 nitrogen and oxygen atoms in total. The number of esters is 1. The summed E-state index contributed by atoms with van der Waals surface area (Å²) in [6.07, 6.45) is 1.72. The van der Waals surface area contributed by atoms with Crippen LogP contribution in [0.4, 0.5) is 0 Å². The summed E-state index contributed by atoms with van der Waals surface area (Å²) in [5.41, 5.74) is 0.00833. The minimum Gasteiger partial charge on any atom is -0.468 e. The number of pyridine rings is 1. The van der Waals surface area contributed by atoms with Crippen LogP contribution in [-0.2, 0) is 19.7 Å². The van der Waals surface area contributed by atoms with Gasteiger partial charge in [-0.05, 0) is 11.5 Å². The molecule has 1 fully saturated rings. The largest absolute Gasteiger partial charge is 0.468 e. The molecule has 2 heterocycles. The highest BCUT2D eigenvalue weighted by Crippen LogP contribution is 2.36. The van der Waals surface area contributed by atoms with E-state index in [4.69, 9.17) is 9.47 Å². The number of methoxy groups -OCH3 is 1. The number of hydrogen-bond acceptors (Lipinski definition) is 4. The maximum atomic E-state index is 12.0. The lowest BCUT2D eigenvalue weighted by atomic mass is 9.80. The maximum absolute atomic E-state index is 12.0. The lowest BCUT2D eigenvalue weighted by Gasteiger charge is -2.38. The molecule has 0 amide bonds. The van der Waals surface area contributed by atoms with Crippen molar-refractivity contribution in [3.63, 3.8) is 0 Å². The Morgan fingerprint density at radius 3 is 2.78 bits per heavy atom. The van der Waals surface area contributed by atoms with Crippen molar-refractivity contribution >= 4 is 16.7 Å². The fourth-order valence-electron chi connectivity index (χ4n) is 2.35. The molecule has 92 valence electrons. The van der Waals surface area contributed by atoms with Gasteiger partial charge in [-0.25, -0.2) is 0 Å². The Kier molecular flexibility index (Phi) is 2.52. The molecule has 0 atom stereocenters. The third-order valence-electron chi connectivity index (χ3n) is 3.40. The molecule has 0 radical (unpaired) electrons. The summed E-state index contributed by atoms with van der Waals surface area (Å²) in [5.74, 6) is -0.280. The van der Waals surface area contributed by atoms with E-state index in [2.05, 4.69) is 4.98 Å². The van der Waals surface area contributed by atoms with Gasteiger partial charge in [0.2, 0.25) is 0 Å². The highest BCUT2D eigenvalue weighted by atomic mass is 16.5. The van der Waals surface area contributed by atoms with Gasteiger partial charge in [-0.2, -0.15) is 0 Å². The monoisotopic (exact) mass is 243 g/mol. The van der Waals surface area contributed by atoms with E-state index in [-0.39, 0.29) is 5.97 Å². The minimum absolute atomic E-state index is 0.280. The predicted octanol–water partition coefficient (Wildman–Crippen LogP) is 1.68. The SMILES string of the molecule is COC(=O)C1(c2nccc3ccccc23)COC1. The quantitative estimate of drug-likeness (QED) is 0.753. The van der Waals surface area contributed by atoms with Gasteiger partial charge in [0.05, 0.1) is 26.0 Å². The molecule has 1 aliphatic rings. The molecule has 2 aromatic rings. The number of nitrogens with zero attached hydrogens (tertiary/aromatic N) is 1. The van der Waals surface area contributed by atoms with E-state index in [1.54, 1.807) is 6.20 Å². The number of aromatic nitrogens is 1. The number of carbonyl (C=O) groups is 1. The van der Waals surface area contributed by atoms with Crippen molar-refractivity contribution in [1.29, 1.82) is 0 Å². The van der Waals surface area contributed by atoms with E-state index in [9.17, 15) is 4.79 Å². The number of benzene rings is 1. The van der Waals surface area contributed by atoms with E-state index in [0.29, 0.717) is 13.2 Å². The van der Waals surface area contributed by atoms with E-state index >= 15 is 0 Å². The Bertz CT molecular complexity index is 600. The van der Waals surface area contributed by atoms with Crippen molar-refractivity contribution in [3.8, 4) is 0 Å². The highest BCUT2D eigenvalue weighted by molar-refractivity contribution is 5.93. The van der Waals surface area contributed by atoms with Crippen LogP contribution in [0.2, 0.25) is 0 Å². The zero-order chi connectivity index (χ0) is 12.6. The molecule has 1 aliphatic heterocycles. The van der Waals surface area contributed by atoms with E-state index < -0.39 is 5.41 Å². The average Bonchev–Trinajstić information content (AvgIpc) is 2.37. The first-order valence-corrected chi connectivity index (χ1v) is 5.78. The molecule has 1 aromatic heterocycles. The fourth-order valence-corrected chi connectivity index (χ4v) is 2.35. The van der Waals surface area contributed by atoms with Crippen molar-refractivity contribution < 1.29 is 14.3 Å². The molecule has 0 spiro atoms. The summed E-state index contributed by atoms with van der Waals surface area (Å²) in [6.45, 7) is 0.668. The molecule has 0 aliphatic carbocycles. The second-order valence-corrected chi connectivity index (χ2v) is 4.45. The van der Waals surface area contributed by atoms with Crippen LogP contribution in [-0.4, -0.2) is 31.3 Å². The molecule has 0 N–H and O–H groups in total. The lowest BCUT2D eigenvalue weighted by molar-refractivity contribution is -0.167. The summed E-state index contributed by atoms with van der Waals surface area (Å²) in [4.78, 5) is 16.4. The summed E-state index contributed by atoms with van der Waals surface area (Å²) in [7, 11) is 1.40. The third-order valence-corrected chi connectivity index (χ3v) is 3.40. The summed E-state index contributed by atoms with van der Waals surface area (Å²) in [6, 6.07) is 9.82. The van der Waals surface area contributed by atoms with Gasteiger partial charge < -0.3 is 9.47 Å². The van der Waals surface area contributed by atoms with E-state index in [0.717, 1.165) is 16.5 Å². The van der Waals surface area contributed by atoms with Crippen LogP contribution >= 0.6 is 0 Å². The van der Waals surface area contributed by atoms with Crippen LogP contribution < -0.4 is 0 Å². The van der Waals surface area contributed by atoms with Crippen LogP contribution in [0.15, 0.2) is 36.5 Å². The second kappa shape index (κ2) is 4.07. The Hall–Kier alpha value is -1.94. The zero-order valence-corrected chi connectivity index (χ0v) is 10.1. The number of rotatable bonds is 2. The van der Waals surface area contributed by atoms with Gasteiger partial charge in [-0.15, -0.1) is 0 Å². The second-order valence-electron chi connectivity index (χ2n) is 4.45. The molecule has 0 bridgehead atoms. The van der Waals surface area contributed by atoms with Crippen molar-refractivity contribution in [2.24, 2.45) is 0 Å². The van der Waals surface area contributed by atoms with Crippen LogP contribution in [0.3, 0.4) is 0 Å². The van der Waals surface area contributed by atoms with Gasteiger partial charge in [-0.1, -0.05) is 24.3 Å². The summed E-state index contributed by atoms with van der Waals surface area (Å²) >= 11 is 0. The normalized spacial score (nSPS) is 17.2. The van der Waals surface area contributed by atoms with E-state index in [1.165, 1.54) is 7.11 Å².